The largest absolute Gasteiger partial charge is 0.573 e. The molecule has 0 aromatic heterocycles. The standard InChI is InChI=1S/C27H37F3N4O2/c1-4-22-7-5-6-16-34(22)25(32-19-26(2,3)18-31)33-21-10-14-23(15-11-21)35-17-20-8-12-24(13-9-20)36-27(28,29)30/h8-15,22H,4-7,16-19,31H2,1-3H3,(H,32,33). The summed E-state index contributed by atoms with van der Waals surface area (Å²) >= 11 is 0. The molecular formula is C27H37F3N4O2. The second-order valence-electron chi connectivity index (χ2n) is 9.88. The third-order valence-electron chi connectivity index (χ3n) is 6.28. The Hall–Kier alpha value is -2.94. The quantitative estimate of drug-likeness (QED) is 0.323. The summed E-state index contributed by atoms with van der Waals surface area (Å²) in [5.74, 6) is 1.26. The van der Waals surface area contributed by atoms with Crippen molar-refractivity contribution < 1.29 is 22.6 Å². The minimum Gasteiger partial charge on any atom is -0.489 e. The molecule has 9 heteroatoms. The summed E-state index contributed by atoms with van der Waals surface area (Å²) in [6, 6.07) is 13.6. The van der Waals surface area contributed by atoms with Gasteiger partial charge in [-0.2, -0.15) is 0 Å². The Labute approximate surface area is 211 Å². The van der Waals surface area contributed by atoms with Crippen molar-refractivity contribution in [1.82, 2.24) is 10.2 Å². The Bertz CT molecular complexity index is 976. The Balaban J connectivity index is 1.67. The summed E-state index contributed by atoms with van der Waals surface area (Å²) in [5, 5.41) is 3.56. The van der Waals surface area contributed by atoms with Crippen LogP contribution in [0.5, 0.6) is 11.5 Å². The molecule has 1 aliphatic heterocycles. The molecule has 36 heavy (non-hydrogen) atoms. The number of piperidine rings is 1. The van der Waals surface area contributed by atoms with Crippen molar-refractivity contribution >= 4 is 11.6 Å². The highest BCUT2D eigenvalue weighted by molar-refractivity contribution is 5.83. The topological polar surface area (TPSA) is 72.1 Å². The van der Waals surface area contributed by atoms with Crippen molar-refractivity contribution in [3.05, 3.63) is 54.1 Å². The van der Waals surface area contributed by atoms with Crippen molar-refractivity contribution in [2.75, 3.05) is 19.6 Å². The van der Waals surface area contributed by atoms with Crippen molar-refractivity contribution in [1.29, 1.82) is 0 Å². The van der Waals surface area contributed by atoms with E-state index >= 15 is 0 Å². The maximum Gasteiger partial charge on any atom is 0.573 e. The number of nitrogens with two attached hydrogens (primary N) is 1. The monoisotopic (exact) mass is 506 g/mol. The number of rotatable bonds is 9. The second kappa shape index (κ2) is 12.3. The molecule has 1 saturated heterocycles. The van der Waals surface area contributed by atoms with E-state index in [1.165, 1.54) is 18.6 Å². The SMILES string of the molecule is CCC1CCCCN1/C(=N\c1ccc(OCc2ccc(OC(F)(F)F)cc2)cc1)NCC(C)(C)CN. The first-order valence-corrected chi connectivity index (χ1v) is 12.5. The Kier molecular flexibility index (Phi) is 9.48. The first-order chi connectivity index (χ1) is 17.1. The normalized spacial score (nSPS) is 17.1. The lowest BCUT2D eigenvalue weighted by molar-refractivity contribution is -0.274. The van der Waals surface area contributed by atoms with Crippen molar-refractivity contribution in [3.8, 4) is 11.5 Å². The molecule has 0 amide bonds. The number of hydrogen-bond donors (Lipinski definition) is 2. The molecule has 6 nitrogen and oxygen atoms in total. The number of nitrogens with one attached hydrogen (secondary N) is 1. The summed E-state index contributed by atoms with van der Waals surface area (Å²) in [6.45, 7) is 8.98. The van der Waals surface area contributed by atoms with E-state index in [9.17, 15) is 13.2 Å². The van der Waals surface area contributed by atoms with Crippen LogP contribution in [-0.4, -0.2) is 42.9 Å². The highest BCUT2D eigenvalue weighted by atomic mass is 19.4. The van der Waals surface area contributed by atoms with E-state index in [-0.39, 0.29) is 17.8 Å². The first kappa shape index (κ1) is 27.6. The van der Waals surface area contributed by atoms with Crippen LogP contribution >= 0.6 is 0 Å². The van der Waals surface area contributed by atoms with Gasteiger partial charge in [-0.1, -0.05) is 32.9 Å². The van der Waals surface area contributed by atoms with E-state index in [0.29, 0.717) is 18.3 Å². The molecule has 0 saturated carbocycles. The van der Waals surface area contributed by atoms with Crippen LogP contribution in [0.15, 0.2) is 53.5 Å². The highest BCUT2D eigenvalue weighted by Gasteiger charge is 2.31. The molecule has 2 aromatic carbocycles. The van der Waals surface area contributed by atoms with E-state index < -0.39 is 6.36 Å². The fourth-order valence-electron chi connectivity index (χ4n) is 3.99. The molecule has 0 radical (unpaired) electrons. The number of ether oxygens (including phenoxy) is 2. The van der Waals surface area contributed by atoms with Gasteiger partial charge in [0.1, 0.15) is 18.1 Å². The lowest BCUT2D eigenvalue weighted by atomic mass is 9.94. The second-order valence-corrected chi connectivity index (χ2v) is 9.88. The molecule has 1 heterocycles. The number of alkyl halides is 3. The zero-order chi connectivity index (χ0) is 26.2. The molecule has 3 rings (SSSR count). The number of benzene rings is 2. The van der Waals surface area contributed by atoms with Crippen LogP contribution in [0.25, 0.3) is 0 Å². The molecule has 1 fully saturated rings. The molecule has 1 unspecified atom stereocenters. The smallest absolute Gasteiger partial charge is 0.489 e. The lowest BCUT2D eigenvalue weighted by Crippen LogP contribution is -2.51. The van der Waals surface area contributed by atoms with Crippen LogP contribution in [0.2, 0.25) is 0 Å². The number of guanidine groups is 1. The summed E-state index contributed by atoms with van der Waals surface area (Å²) < 4.78 is 46.6. The van der Waals surface area contributed by atoms with Crippen molar-refractivity contribution in [2.24, 2.45) is 16.1 Å². The number of aliphatic imine (C=N–C) groups is 1. The van der Waals surface area contributed by atoms with E-state index in [1.54, 1.807) is 12.1 Å². The van der Waals surface area contributed by atoms with E-state index in [0.717, 1.165) is 49.6 Å². The summed E-state index contributed by atoms with van der Waals surface area (Å²) in [7, 11) is 0. The fourth-order valence-corrected chi connectivity index (χ4v) is 3.99. The van der Waals surface area contributed by atoms with Gasteiger partial charge in [-0.3, -0.25) is 0 Å². The molecule has 198 valence electrons. The molecule has 3 N–H and O–H groups in total. The van der Waals surface area contributed by atoms with Gasteiger partial charge in [0.25, 0.3) is 0 Å². The Morgan fingerprint density at radius 2 is 1.72 bits per heavy atom. The maximum absolute atomic E-state index is 12.3. The van der Waals surface area contributed by atoms with Gasteiger partial charge >= 0.3 is 6.36 Å². The van der Waals surface area contributed by atoms with Gasteiger partial charge in [0.05, 0.1) is 5.69 Å². The molecule has 0 bridgehead atoms. The van der Waals surface area contributed by atoms with Crippen LogP contribution in [0, 0.1) is 5.41 Å². The highest BCUT2D eigenvalue weighted by Crippen LogP contribution is 2.25. The average Bonchev–Trinajstić information content (AvgIpc) is 2.86. The lowest BCUT2D eigenvalue weighted by Gasteiger charge is -2.38. The van der Waals surface area contributed by atoms with Crippen LogP contribution in [-0.2, 0) is 6.61 Å². The van der Waals surface area contributed by atoms with Gasteiger partial charge < -0.3 is 25.4 Å². The molecule has 0 spiro atoms. The maximum atomic E-state index is 12.3. The molecule has 0 aliphatic carbocycles. The fraction of sp³-hybridized carbons (Fsp3) is 0.519. The summed E-state index contributed by atoms with van der Waals surface area (Å²) in [6.07, 6.45) is -0.0946. The van der Waals surface area contributed by atoms with E-state index in [2.05, 4.69) is 35.7 Å². The number of halogens is 3. The zero-order valence-electron chi connectivity index (χ0n) is 21.3. The first-order valence-electron chi connectivity index (χ1n) is 12.5. The molecule has 1 atom stereocenters. The third kappa shape index (κ3) is 8.62. The van der Waals surface area contributed by atoms with Crippen LogP contribution in [0.4, 0.5) is 18.9 Å². The van der Waals surface area contributed by atoms with E-state index in [1.807, 2.05) is 24.3 Å². The van der Waals surface area contributed by atoms with Gasteiger partial charge in [-0.05, 0) is 79.6 Å². The number of nitrogens with zero attached hydrogens (tertiary/aromatic N) is 2. The predicted molar refractivity (Wildman–Crippen MR) is 136 cm³/mol. The van der Waals surface area contributed by atoms with Crippen molar-refractivity contribution in [2.45, 2.75) is 65.5 Å². The zero-order valence-corrected chi connectivity index (χ0v) is 21.3. The Morgan fingerprint density at radius 1 is 1.06 bits per heavy atom. The van der Waals surface area contributed by atoms with Crippen LogP contribution < -0.4 is 20.5 Å². The van der Waals surface area contributed by atoms with Gasteiger partial charge in [0, 0.05) is 19.1 Å². The minimum atomic E-state index is -4.70. The van der Waals surface area contributed by atoms with E-state index in [4.69, 9.17) is 15.5 Å². The molecule has 1 aliphatic rings. The van der Waals surface area contributed by atoms with Gasteiger partial charge in [-0.25, -0.2) is 4.99 Å². The predicted octanol–water partition coefficient (Wildman–Crippen LogP) is 5.99. The molecular weight excluding hydrogens is 469 g/mol. The van der Waals surface area contributed by atoms with Crippen LogP contribution in [0.1, 0.15) is 52.0 Å². The Morgan fingerprint density at radius 3 is 2.33 bits per heavy atom. The number of hydrogen-bond acceptors (Lipinski definition) is 4. The number of likely N-dealkylation sites (tertiary alicyclic amines) is 1. The van der Waals surface area contributed by atoms with Gasteiger partial charge in [0.2, 0.25) is 0 Å². The minimum absolute atomic E-state index is 0.0486. The van der Waals surface area contributed by atoms with Crippen LogP contribution in [0.3, 0.4) is 0 Å². The third-order valence-corrected chi connectivity index (χ3v) is 6.28. The summed E-state index contributed by atoms with van der Waals surface area (Å²) in [4.78, 5) is 7.33. The van der Waals surface area contributed by atoms with Gasteiger partial charge in [0.15, 0.2) is 5.96 Å². The van der Waals surface area contributed by atoms with Gasteiger partial charge in [-0.15, -0.1) is 13.2 Å². The van der Waals surface area contributed by atoms with Crippen molar-refractivity contribution in [3.63, 3.8) is 0 Å². The summed E-state index contributed by atoms with van der Waals surface area (Å²) in [5.41, 5.74) is 7.43. The molecule has 2 aromatic rings. The average molecular weight is 507 g/mol.